The molecule has 1 saturated heterocycles. The quantitative estimate of drug-likeness (QED) is 0.840. The zero-order valence-corrected chi connectivity index (χ0v) is 14.4. The summed E-state index contributed by atoms with van der Waals surface area (Å²) in [6.45, 7) is 7.98. The maximum absolute atomic E-state index is 12.2. The number of hydrogen-bond acceptors (Lipinski definition) is 6. The van der Waals surface area contributed by atoms with Crippen LogP contribution in [0.4, 0.5) is 0 Å². The Balaban J connectivity index is 1.52. The molecule has 0 saturated carbocycles. The molecule has 1 amide bonds. The molecule has 1 aliphatic rings. The molecule has 0 spiro atoms. The number of aromatic nitrogens is 2. The number of piperazine rings is 1. The number of thiophene rings is 1. The number of hydrogen-bond donors (Lipinski definition) is 0. The van der Waals surface area contributed by atoms with Gasteiger partial charge in [0.05, 0.1) is 11.4 Å². The molecule has 7 heteroatoms. The lowest BCUT2D eigenvalue weighted by Crippen LogP contribution is -2.49. The van der Waals surface area contributed by atoms with Crippen LogP contribution in [0.15, 0.2) is 22.0 Å². The van der Waals surface area contributed by atoms with Crippen LogP contribution in [-0.2, 0) is 11.3 Å². The summed E-state index contributed by atoms with van der Waals surface area (Å²) in [5.41, 5.74) is 0. The molecule has 1 aliphatic heterocycles. The van der Waals surface area contributed by atoms with Crippen molar-refractivity contribution in [2.45, 2.75) is 26.8 Å². The van der Waals surface area contributed by atoms with Gasteiger partial charge in [-0.05, 0) is 17.9 Å². The summed E-state index contributed by atoms with van der Waals surface area (Å²) in [5, 5.41) is 6.05. The topological polar surface area (TPSA) is 62.5 Å². The van der Waals surface area contributed by atoms with Crippen LogP contribution in [0.5, 0.6) is 0 Å². The zero-order chi connectivity index (χ0) is 16.2. The minimum atomic E-state index is 0.118. The van der Waals surface area contributed by atoms with E-state index in [1.807, 2.05) is 29.3 Å². The van der Waals surface area contributed by atoms with Gasteiger partial charge < -0.3 is 9.42 Å². The van der Waals surface area contributed by atoms with Crippen molar-refractivity contribution in [2.24, 2.45) is 5.92 Å². The molecule has 2 aromatic heterocycles. The van der Waals surface area contributed by atoms with Gasteiger partial charge in [0.25, 0.3) is 5.89 Å². The lowest BCUT2D eigenvalue weighted by Gasteiger charge is -2.35. The molecule has 3 rings (SSSR count). The molecule has 0 aromatic carbocycles. The van der Waals surface area contributed by atoms with Crippen molar-refractivity contribution >= 4 is 17.2 Å². The third kappa shape index (κ3) is 3.79. The molecule has 124 valence electrons. The fourth-order valence-electron chi connectivity index (χ4n) is 2.63. The van der Waals surface area contributed by atoms with Gasteiger partial charge in [0.1, 0.15) is 0 Å². The molecule has 1 fully saturated rings. The molecule has 3 heterocycles. The Morgan fingerprint density at radius 3 is 2.83 bits per heavy atom. The van der Waals surface area contributed by atoms with Crippen molar-refractivity contribution in [1.82, 2.24) is 19.9 Å². The molecular weight excluding hydrogens is 312 g/mol. The average Bonchev–Trinajstić information content (AvgIpc) is 3.25. The van der Waals surface area contributed by atoms with Crippen LogP contribution in [0.1, 0.15) is 26.1 Å². The van der Waals surface area contributed by atoms with Crippen molar-refractivity contribution in [2.75, 3.05) is 26.2 Å². The van der Waals surface area contributed by atoms with E-state index in [2.05, 4.69) is 22.0 Å². The van der Waals surface area contributed by atoms with Crippen LogP contribution in [-0.4, -0.2) is 52.0 Å². The number of carbonyl (C=O) groups excluding carboxylic acids is 1. The van der Waals surface area contributed by atoms with E-state index in [9.17, 15) is 4.79 Å². The first-order chi connectivity index (χ1) is 11.2. The van der Waals surface area contributed by atoms with E-state index in [4.69, 9.17) is 4.52 Å². The van der Waals surface area contributed by atoms with Crippen LogP contribution in [0.3, 0.4) is 0 Å². The van der Waals surface area contributed by atoms with E-state index >= 15 is 0 Å². The predicted octanol–water partition coefficient (Wildman–Crippen LogP) is 2.49. The van der Waals surface area contributed by atoms with Gasteiger partial charge >= 0.3 is 0 Å². The SMILES string of the molecule is CC[C@H](C)C(=O)N1CCN(Cc2noc(-c3cccs3)n2)CC1. The van der Waals surface area contributed by atoms with Crippen molar-refractivity contribution < 1.29 is 9.32 Å². The van der Waals surface area contributed by atoms with Crippen molar-refractivity contribution in [3.05, 3.63) is 23.3 Å². The highest BCUT2D eigenvalue weighted by molar-refractivity contribution is 7.13. The standard InChI is InChI=1S/C16H22N4O2S/c1-3-12(2)16(21)20-8-6-19(7-9-20)11-14-17-15(22-18-14)13-5-4-10-23-13/h4-5,10,12H,3,6-9,11H2,1-2H3/t12-/m0/s1. The van der Waals surface area contributed by atoms with E-state index in [1.54, 1.807) is 11.3 Å². The van der Waals surface area contributed by atoms with Gasteiger partial charge in [0.15, 0.2) is 5.82 Å². The van der Waals surface area contributed by atoms with Crippen molar-refractivity contribution in [3.8, 4) is 10.8 Å². The number of carbonyl (C=O) groups is 1. The second-order valence-corrected chi connectivity index (χ2v) is 6.85. The number of nitrogens with zero attached hydrogens (tertiary/aromatic N) is 4. The Morgan fingerprint density at radius 2 is 2.17 bits per heavy atom. The van der Waals surface area contributed by atoms with E-state index in [0.717, 1.165) is 37.5 Å². The van der Waals surface area contributed by atoms with Gasteiger partial charge in [-0.25, -0.2) is 0 Å². The summed E-state index contributed by atoms with van der Waals surface area (Å²) in [5.74, 6) is 1.68. The maximum Gasteiger partial charge on any atom is 0.268 e. The second kappa shape index (κ2) is 7.23. The van der Waals surface area contributed by atoms with Gasteiger partial charge in [-0.3, -0.25) is 9.69 Å². The van der Waals surface area contributed by atoms with E-state index in [1.165, 1.54) is 0 Å². The van der Waals surface area contributed by atoms with Crippen LogP contribution >= 0.6 is 11.3 Å². The Bertz CT molecular complexity index is 632. The molecule has 0 N–H and O–H groups in total. The number of amides is 1. The van der Waals surface area contributed by atoms with Crippen LogP contribution in [0.25, 0.3) is 10.8 Å². The summed E-state index contributed by atoms with van der Waals surface area (Å²) in [6.07, 6.45) is 0.896. The molecule has 0 radical (unpaired) electrons. The third-order valence-electron chi connectivity index (χ3n) is 4.28. The monoisotopic (exact) mass is 334 g/mol. The highest BCUT2D eigenvalue weighted by Crippen LogP contribution is 2.22. The molecule has 6 nitrogen and oxygen atoms in total. The van der Waals surface area contributed by atoms with E-state index < -0.39 is 0 Å². The molecule has 2 aromatic rings. The Labute approximate surface area is 140 Å². The third-order valence-corrected chi connectivity index (χ3v) is 5.14. The first kappa shape index (κ1) is 16.1. The van der Waals surface area contributed by atoms with E-state index in [0.29, 0.717) is 18.3 Å². The molecule has 0 aliphatic carbocycles. The van der Waals surface area contributed by atoms with Crippen molar-refractivity contribution in [3.63, 3.8) is 0 Å². The van der Waals surface area contributed by atoms with Gasteiger partial charge in [-0.15, -0.1) is 11.3 Å². The van der Waals surface area contributed by atoms with Gasteiger partial charge in [-0.1, -0.05) is 25.1 Å². The fourth-order valence-corrected chi connectivity index (χ4v) is 3.28. The molecule has 23 heavy (non-hydrogen) atoms. The Morgan fingerprint density at radius 1 is 1.39 bits per heavy atom. The summed E-state index contributed by atoms with van der Waals surface area (Å²) in [7, 11) is 0. The van der Waals surface area contributed by atoms with Crippen LogP contribution in [0, 0.1) is 5.92 Å². The molecule has 0 bridgehead atoms. The minimum Gasteiger partial charge on any atom is -0.340 e. The van der Waals surface area contributed by atoms with E-state index in [-0.39, 0.29) is 11.8 Å². The summed E-state index contributed by atoms with van der Waals surface area (Å²) in [6, 6.07) is 3.94. The first-order valence-electron chi connectivity index (χ1n) is 8.05. The highest BCUT2D eigenvalue weighted by Gasteiger charge is 2.24. The Kier molecular flexibility index (Phi) is 5.07. The van der Waals surface area contributed by atoms with Gasteiger partial charge in [0.2, 0.25) is 5.91 Å². The number of rotatable bonds is 5. The largest absolute Gasteiger partial charge is 0.340 e. The lowest BCUT2D eigenvalue weighted by molar-refractivity contribution is -0.136. The zero-order valence-electron chi connectivity index (χ0n) is 13.6. The second-order valence-electron chi connectivity index (χ2n) is 5.90. The summed E-state index contributed by atoms with van der Waals surface area (Å²) in [4.78, 5) is 21.9. The average molecular weight is 334 g/mol. The summed E-state index contributed by atoms with van der Waals surface area (Å²) < 4.78 is 5.31. The Hall–Kier alpha value is -1.73. The minimum absolute atomic E-state index is 0.118. The fraction of sp³-hybridized carbons (Fsp3) is 0.562. The van der Waals surface area contributed by atoms with Crippen LogP contribution < -0.4 is 0 Å². The predicted molar refractivity (Wildman–Crippen MR) is 88.9 cm³/mol. The molecule has 1 atom stereocenters. The first-order valence-corrected chi connectivity index (χ1v) is 8.93. The normalized spacial score (nSPS) is 17.4. The summed E-state index contributed by atoms with van der Waals surface area (Å²) >= 11 is 1.59. The van der Waals surface area contributed by atoms with Crippen LogP contribution in [0.2, 0.25) is 0 Å². The van der Waals surface area contributed by atoms with Gasteiger partial charge in [0, 0.05) is 32.1 Å². The van der Waals surface area contributed by atoms with Crippen molar-refractivity contribution in [1.29, 1.82) is 0 Å². The lowest BCUT2D eigenvalue weighted by atomic mass is 10.1. The maximum atomic E-state index is 12.2. The molecular formula is C16H22N4O2S. The van der Waals surface area contributed by atoms with Gasteiger partial charge in [-0.2, -0.15) is 4.98 Å². The molecule has 0 unspecified atom stereocenters. The smallest absolute Gasteiger partial charge is 0.268 e. The highest BCUT2D eigenvalue weighted by atomic mass is 32.1.